The van der Waals surface area contributed by atoms with Crippen LogP contribution in [0.4, 0.5) is 5.69 Å². The van der Waals surface area contributed by atoms with Crippen LogP contribution in [-0.4, -0.2) is 31.3 Å². The highest BCUT2D eigenvalue weighted by Crippen LogP contribution is 2.24. The molecule has 1 N–H and O–H groups in total. The van der Waals surface area contributed by atoms with E-state index in [1.54, 1.807) is 0 Å². The van der Waals surface area contributed by atoms with Crippen molar-refractivity contribution in [2.24, 2.45) is 10.5 Å². The predicted octanol–water partition coefficient (Wildman–Crippen LogP) is 4.09. The Balaban J connectivity index is 2.33. The van der Waals surface area contributed by atoms with E-state index in [1.165, 1.54) is 0 Å². The maximum atomic E-state index is 4.73. The van der Waals surface area contributed by atoms with Gasteiger partial charge in [-0.3, -0.25) is 5.43 Å². The number of rotatable bonds is 6. The second kappa shape index (κ2) is 7.23. The first-order valence-corrected chi connectivity index (χ1v) is 7.58. The lowest BCUT2D eigenvalue weighted by Gasteiger charge is -2.30. The molecule has 0 heterocycles. The molecule has 0 atom stereocenters. The van der Waals surface area contributed by atoms with E-state index in [0.29, 0.717) is 0 Å². The molecule has 0 aliphatic carbocycles. The highest BCUT2D eigenvalue weighted by molar-refractivity contribution is 6.04. The molecule has 0 aromatic heterocycles. The summed E-state index contributed by atoms with van der Waals surface area (Å²) < 4.78 is 0. The Morgan fingerprint density at radius 1 is 0.955 bits per heavy atom. The van der Waals surface area contributed by atoms with Crippen molar-refractivity contribution in [1.29, 1.82) is 0 Å². The molecule has 0 saturated carbocycles. The number of hydrogen-bond donors (Lipinski definition) is 1. The first-order chi connectivity index (χ1) is 10.5. The quantitative estimate of drug-likeness (QED) is 0.642. The van der Waals surface area contributed by atoms with Crippen molar-refractivity contribution in [2.45, 2.75) is 13.8 Å². The van der Waals surface area contributed by atoms with Crippen LogP contribution in [0.2, 0.25) is 0 Å². The maximum absolute atomic E-state index is 4.73. The molecule has 0 fully saturated rings. The van der Waals surface area contributed by atoms with Crippen molar-refractivity contribution < 1.29 is 0 Å². The van der Waals surface area contributed by atoms with Crippen molar-refractivity contribution >= 4 is 11.4 Å². The summed E-state index contributed by atoms with van der Waals surface area (Å²) in [4.78, 5) is 2.20. The lowest BCUT2D eigenvalue weighted by atomic mass is 9.83. The van der Waals surface area contributed by atoms with Crippen molar-refractivity contribution in [3.63, 3.8) is 0 Å². The summed E-state index contributed by atoms with van der Waals surface area (Å²) in [6, 6.07) is 20.4. The molecule has 116 valence electrons. The van der Waals surface area contributed by atoms with E-state index >= 15 is 0 Å². The van der Waals surface area contributed by atoms with E-state index in [9.17, 15) is 0 Å². The third-order valence-electron chi connectivity index (χ3n) is 3.47. The van der Waals surface area contributed by atoms with Gasteiger partial charge in [0, 0.05) is 12.0 Å². The second-order valence-corrected chi connectivity index (χ2v) is 6.43. The SMILES string of the molecule is CN(C)CC(C)(C)/C(=N/Nc1ccccc1)c1ccccc1. The number of hydrazone groups is 1. The van der Waals surface area contributed by atoms with Crippen LogP contribution >= 0.6 is 0 Å². The zero-order valence-electron chi connectivity index (χ0n) is 13.9. The highest BCUT2D eigenvalue weighted by Gasteiger charge is 2.27. The Labute approximate surface area is 133 Å². The molecule has 0 aliphatic rings. The normalized spacial score (nSPS) is 12.5. The van der Waals surface area contributed by atoms with Gasteiger partial charge in [-0.2, -0.15) is 5.10 Å². The minimum atomic E-state index is -0.0629. The van der Waals surface area contributed by atoms with Crippen LogP contribution < -0.4 is 5.43 Å². The largest absolute Gasteiger partial charge is 0.308 e. The van der Waals surface area contributed by atoms with Crippen LogP contribution in [0.3, 0.4) is 0 Å². The Morgan fingerprint density at radius 2 is 1.50 bits per heavy atom. The Kier molecular flexibility index (Phi) is 5.34. The second-order valence-electron chi connectivity index (χ2n) is 6.43. The molecule has 2 rings (SSSR count). The molecule has 2 aromatic rings. The average molecular weight is 295 g/mol. The van der Waals surface area contributed by atoms with Gasteiger partial charge in [-0.1, -0.05) is 62.4 Å². The fourth-order valence-electron chi connectivity index (χ4n) is 2.70. The number of nitrogens with one attached hydrogen (secondary N) is 1. The molecule has 3 nitrogen and oxygen atoms in total. The minimum Gasteiger partial charge on any atom is -0.308 e. The first kappa shape index (κ1) is 16.2. The molecule has 3 heteroatoms. The van der Waals surface area contributed by atoms with Gasteiger partial charge in [0.2, 0.25) is 0 Å². The van der Waals surface area contributed by atoms with Crippen molar-refractivity contribution in [2.75, 3.05) is 26.1 Å². The van der Waals surface area contributed by atoms with E-state index < -0.39 is 0 Å². The number of para-hydroxylation sites is 1. The minimum absolute atomic E-state index is 0.0629. The maximum Gasteiger partial charge on any atom is 0.0748 e. The van der Waals surface area contributed by atoms with Crippen molar-refractivity contribution in [3.8, 4) is 0 Å². The van der Waals surface area contributed by atoms with Crippen LogP contribution in [-0.2, 0) is 0 Å². The summed E-state index contributed by atoms with van der Waals surface area (Å²) >= 11 is 0. The smallest absolute Gasteiger partial charge is 0.0748 e. The summed E-state index contributed by atoms with van der Waals surface area (Å²) in [5.41, 5.74) is 6.34. The van der Waals surface area contributed by atoms with Gasteiger partial charge in [0.25, 0.3) is 0 Å². The van der Waals surface area contributed by atoms with Crippen molar-refractivity contribution in [3.05, 3.63) is 66.2 Å². The van der Waals surface area contributed by atoms with E-state index in [-0.39, 0.29) is 5.41 Å². The van der Waals surface area contributed by atoms with E-state index in [0.717, 1.165) is 23.5 Å². The standard InChI is InChI=1S/C19H25N3/c1-19(2,15-22(3)4)18(16-11-7-5-8-12-16)21-20-17-13-9-6-10-14-17/h5-14,20H,15H2,1-4H3/b21-18+. The molecule has 0 bridgehead atoms. The molecule has 0 radical (unpaired) electrons. The van der Waals surface area contributed by atoms with Gasteiger partial charge in [-0.15, -0.1) is 0 Å². The van der Waals surface area contributed by atoms with E-state index in [2.05, 4.69) is 62.5 Å². The van der Waals surface area contributed by atoms with Gasteiger partial charge >= 0.3 is 0 Å². The summed E-state index contributed by atoms with van der Waals surface area (Å²) in [6.07, 6.45) is 0. The van der Waals surface area contributed by atoms with Crippen LogP contribution in [0.5, 0.6) is 0 Å². The van der Waals surface area contributed by atoms with Gasteiger partial charge in [-0.25, -0.2) is 0 Å². The molecule has 0 saturated heterocycles. The lowest BCUT2D eigenvalue weighted by molar-refractivity contribution is 0.311. The van der Waals surface area contributed by atoms with Gasteiger partial charge in [-0.05, 0) is 31.8 Å². The molecular formula is C19H25N3. The zero-order chi connectivity index (χ0) is 16.0. The molecule has 0 aliphatic heterocycles. The number of anilines is 1. The van der Waals surface area contributed by atoms with E-state index in [1.807, 2.05) is 36.4 Å². The summed E-state index contributed by atoms with van der Waals surface area (Å²) in [6.45, 7) is 5.38. The van der Waals surface area contributed by atoms with Crippen LogP contribution in [0.15, 0.2) is 65.8 Å². The number of nitrogens with zero attached hydrogens (tertiary/aromatic N) is 2. The number of benzene rings is 2. The fourth-order valence-corrected chi connectivity index (χ4v) is 2.70. The third kappa shape index (κ3) is 4.43. The first-order valence-electron chi connectivity index (χ1n) is 7.58. The Hall–Kier alpha value is -2.13. The fraction of sp³-hybridized carbons (Fsp3) is 0.316. The van der Waals surface area contributed by atoms with Crippen LogP contribution in [0.1, 0.15) is 19.4 Å². The Morgan fingerprint density at radius 3 is 2.05 bits per heavy atom. The summed E-state index contributed by atoms with van der Waals surface area (Å²) in [5.74, 6) is 0. The van der Waals surface area contributed by atoms with E-state index in [4.69, 9.17) is 5.10 Å². The molecule has 22 heavy (non-hydrogen) atoms. The van der Waals surface area contributed by atoms with Crippen molar-refractivity contribution in [1.82, 2.24) is 4.90 Å². The molecule has 2 aromatic carbocycles. The average Bonchev–Trinajstić information content (AvgIpc) is 2.48. The van der Waals surface area contributed by atoms with Gasteiger partial charge in [0.1, 0.15) is 0 Å². The van der Waals surface area contributed by atoms with Crippen LogP contribution in [0, 0.1) is 5.41 Å². The molecular weight excluding hydrogens is 270 g/mol. The monoisotopic (exact) mass is 295 g/mol. The highest BCUT2D eigenvalue weighted by atomic mass is 15.3. The molecule has 0 unspecified atom stereocenters. The number of hydrogen-bond acceptors (Lipinski definition) is 3. The topological polar surface area (TPSA) is 27.6 Å². The van der Waals surface area contributed by atoms with Gasteiger partial charge in [0.15, 0.2) is 0 Å². The summed E-state index contributed by atoms with van der Waals surface area (Å²) in [5, 5.41) is 4.73. The van der Waals surface area contributed by atoms with Crippen LogP contribution in [0.25, 0.3) is 0 Å². The molecule has 0 spiro atoms. The Bertz CT molecular complexity index is 601. The predicted molar refractivity (Wildman–Crippen MR) is 95.4 cm³/mol. The summed E-state index contributed by atoms with van der Waals surface area (Å²) in [7, 11) is 4.18. The molecule has 0 amide bonds. The van der Waals surface area contributed by atoms with Gasteiger partial charge in [0.05, 0.1) is 11.4 Å². The lowest BCUT2D eigenvalue weighted by Crippen LogP contribution is -2.36. The third-order valence-corrected chi connectivity index (χ3v) is 3.47. The van der Waals surface area contributed by atoms with Gasteiger partial charge < -0.3 is 4.90 Å². The zero-order valence-corrected chi connectivity index (χ0v) is 13.9.